The number of likely N-dealkylation sites (tertiary alicyclic amines) is 1. The molecular weight excluding hydrogens is 514 g/mol. The normalized spacial score (nSPS) is 33.1. The molecule has 1 saturated carbocycles. The van der Waals surface area contributed by atoms with Gasteiger partial charge in [-0.3, -0.25) is 24.2 Å². The van der Waals surface area contributed by atoms with E-state index in [0.717, 1.165) is 25.7 Å². The van der Waals surface area contributed by atoms with Crippen LogP contribution in [-0.2, 0) is 22.6 Å². The van der Waals surface area contributed by atoms with Gasteiger partial charge in [-0.15, -0.1) is 0 Å². The Morgan fingerprint density at radius 3 is 2.30 bits per heavy atom. The summed E-state index contributed by atoms with van der Waals surface area (Å²) >= 11 is 0. The monoisotopic (exact) mass is 551 g/mol. The van der Waals surface area contributed by atoms with Gasteiger partial charge in [-0.05, 0) is 69.7 Å². The van der Waals surface area contributed by atoms with Crippen LogP contribution in [0, 0.1) is 23.7 Å². The summed E-state index contributed by atoms with van der Waals surface area (Å²) in [5.74, 6) is -3.99. The summed E-state index contributed by atoms with van der Waals surface area (Å²) in [6, 6.07) is 0.997. The number of allylic oxidation sites excluding steroid dienone is 1. The number of hydrogen-bond donors (Lipinski definition) is 4. The third-order valence-corrected chi connectivity index (χ3v) is 9.81. The van der Waals surface area contributed by atoms with E-state index in [0.29, 0.717) is 35.9 Å². The van der Waals surface area contributed by atoms with Crippen molar-refractivity contribution in [3.05, 3.63) is 45.4 Å². The van der Waals surface area contributed by atoms with Crippen molar-refractivity contribution in [2.75, 3.05) is 46.2 Å². The Labute approximate surface area is 233 Å². The molecule has 1 heterocycles. The first-order chi connectivity index (χ1) is 18.8. The molecule has 40 heavy (non-hydrogen) atoms. The number of carbonyl (C=O) groups is 3. The fraction of sp³-hybridized carbons (Fsp3) is 0.567. The van der Waals surface area contributed by atoms with Crippen LogP contribution in [0.2, 0.25) is 0 Å². The molecule has 1 aromatic rings. The van der Waals surface area contributed by atoms with Gasteiger partial charge in [0.15, 0.2) is 17.2 Å². The lowest BCUT2D eigenvalue weighted by Crippen LogP contribution is -2.63. The van der Waals surface area contributed by atoms with Crippen LogP contribution in [0.3, 0.4) is 0 Å². The Kier molecular flexibility index (Phi) is 6.00. The van der Waals surface area contributed by atoms with Crippen molar-refractivity contribution in [3.63, 3.8) is 0 Å². The molecule has 2 unspecified atom stereocenters. The maximum Gasteiger partial charge on any atom is 0.209 e. The molecule has 4 aliphatic carbocycles. The Morgan fingerprint density at radius 1 is 1.07 bits per heavy atom. The van der Waals surface area contributed by atoms with Crippen LogP contribution in [0.1, 0.15) is 41.3 Å². The number of nitrogens with zero attached hydrogens (tertiary/aromatic N) is 3. The van der Waals surface area contributed by atoms with E-state index < -0.39 is 57.9 Å². The Morgan fingerprint density at radius 2 is 1.73 bits per heavy atom. The van der Waals surface area contributed by atoms with Crippen LogP contribution in [0.25, 0.3) is 0 Å². The summed E-state index contributed by atoms with van der Waals surface area (Å²) in [4.78, 5) is 45.9. The number of benzene rings is 1. The first-order valence-corrected chi connectivity index (χ1v) is 13.9. The van der Waals surface area contributed by atoms with Crippen molar-refractivity contribution in [1.29, 1.82) is 0 Å². The molecule has 0 bridgehead atoms. The third kappa shape index (κ3) is 3.62. The minimum Gasteiger partial charge on any atom is -0.510 e. The molecule has 6 atom stereocenters. The molecule has 0 radical (unpaired) electrons. The number of aliphatic hydroxyl groups is 3. The Hall–Kier alpha value is -3.21. The number of anilines is 1. The highest BCUT2D eigenvalue weighted by atomic mass is 16.3. The molecular formula is C30H37N3O7. The molecule has 0 aromatic heterocycles. The number of fused-ring (bicyclic) bond motifs is 4. The molecule has 1 aliphatic heterocycles. The molecule has 4 N–H and O–H groups in total. The summed E-state index contributed by atoms with van der Waals surface area (Å²) in [5, 5.41) is 45.9. The predicted octanol–water partition coefficient (Wildman–Crippen LogP) is 1.74. The highest BCUT2D eigenvalue weighted by molar-refractivity contribution is 6.25. The second-order valence-corrected chi connectivity index (χ2v) is 12.8. The molecule has 0 amide bonds. The van der Waals surface area contributed by atoms with Gasteiger partial charge in [-0.25, -0.2) is 0 Å². The van der Waals surface area contributed by atoms with Gasteiger partial charge in [-0.1, -0.05) is 0 Å². The second kappa shape index (κ2) is 8.89. The zero-order valence-electron chi connectivity index (χ0n) is 23.6. The molecule has 214 valence electrons. The van der Waals surface area contributed by atoms with Crippen LogP contribution in [0.15, 0.2) is 28.7 Å². The van der Waals surface area contributed by atoms with E-state index in [9.17, 15) is 34.8 Å². The fourth-order valence-corrected chi connectivity index (χ4v) is 7.84. The summed E-state index contributed by atoms with van der Waals surface area (Å²) in [7, 11) is 7.06. The van der Waals surface area contributed by atoms with Gasteiger partial charge in [0.05, 0.1) is 11.6 Å². The third-order valence-electron chi connectivity index (χ3n) is 9.81. The highest BCUT2D eigenvalue weighted by Crippen LogP contribution is 2.54. The van der Waals surface area contributed by atoms with Crippen molar-refractivity contribution in [2.45, 2.75) is 44.4 Å². The second-order valence-electron chi connectivity index (χ2n) is 12.8. The lowest BCUT2D eigenvalue weighted by Gasteiger charge is -2.50. The van der Waals surface area contributed by atoms with Crippen molar-refractivity contribution in [2.24, 2.45) is 23.7 Å². The van der Waals surface area contributed by atoms with Crippen LogP contribution < -0.4 is 4.90 Å². The van der Waals surface area contributed by atoms with E-state index in [1.54, 1.807) is 19.0 Å². The van der Waals surface area contributed by atoms with E-state index >= 15 is 0 Å². The first kappa shape index (κ1) is 27.0. The van der Waals surface area contributed by atoms with Crippen LogP contribution in [0.4, 0.5) is 5.69 Å². The quantitative estimate of drug-likeness (QED) is 0.400. The summed E-state index contributed by atoms with van der Waals surface area (Å²) < 4.78 is 0. The smallest absolute Gasteiger partial charge is 0.209 e. The Bertz CT molecular complexity index is 1420. The van der Waals surface area contributed by atoms with Crippen LogP contribution >= 0.6 is 0 Å². The number of piperidine rings is 1. The van der Waals surface area contributed by atoms with Crippen molar-refractivity contribution in [3.8, 4) is 5.75 Å². The van der Waals surface area contributed by atoms with Gasteiger partial charge in [-0.2, -0.15) is 0 Å². The van der Waals surface area contributed by atoms with E-state index in [1.807, 2.05) is 25.1 Å². The van der Waals surface area contributed by atoms with Crippen molar-refractivity contribution in [1.82, 2.24) is 9.80 Å². The number of rotatable bonds is 5. The summed E-state index contributed by atoms with van der Waals surface area (Å²) in [5.41, 5.74) is -1.09. The predicted molar refractivity (Wildman–Crippen MR) is 146 cm³/mol. The summed E-state index contributed by atoms with van der Waals surface area (Å²) in [6.45, 7) is 3.53. The highest BCUT2D eigenvalue weighted by Gasteiger charge is 2.63. The number of likely N-dealkylation sites (N-methyl/N-ethyl adjacent to an activating group) is 1. The number of carbonyl (C=O) groups excluding carboxylic acids is 3. The number of phenolic OH excluding ortho intramolecular Hbond substituents is 1. The standard InChI is InChI=1S/C30H37N3O7/c1-13(34)21-27(37)24(32(4)5)19-8-14-7-18-20(31(2)3)9-17(12-33-10-15-6-16(15)11-33)25(35)23(18)26(36)22(14)29(39)30(19,40)28(21)38/h9,14-16,19,24,35,37,39-40H,6-8,10-12H2,1-5H3/t14-,15?,16?,19-,24-,30+/m0/s1. The molecule has 6 rings (SSSR count). The average molecular weight is 552 g/mol. The average Bonchev–Trinajstić information content (AvgIpc) is 3.47. The number of aromatic hydroxyl groups is 1. The minimum absolute atomic E-state index is 0.0861. The molecule has 2 fully saturated rings. The van der Waals surface area contributed by atoms with Crippen LogP contribution in [-0.4, -0.2) is 100 Å². The molecule has 1 saturated heterocycles. The van der Waals surface area contributed by atoms with Gasteiger partial charge in [0.2, 0.25) is 5.78 Å². The number of hydrogen-bond acceptors (Lipinski definition) is 10. The van der Waals surface area contributed by atoms with Crippen molar-refractivity contribution < 1.29 is 34.8 Å². The molecule has 10 nitrogen and oxygen atoms in total. The lowest BCUT2D eigenvalue weighted by atomic mass is 9.58. The maximum absolute atomic E-state index is 14.2. The SMILES string of the molecule is CC(=O)C1=C(O)[C@@H](N(C)C)[C@@H]2C[C@@H]3Cc4c(N(C)C)cc(CN5CC6CC6C5)c(O)c4C(=O)C3=C(O)[C@]2(O)C1=O. The van der Waals surface area contributed by atoms with Gasteiger partial charge >= 0.3 is 0 Å². The van der Waals surface area contributed by atoms with E-state index in [4.69, 9.17) is 0 Å². The topological polar surface area (TPSA) is 142 Å². The maximum atomic E-state index is 14.2. The molecule has 0 spiro atoms. The molecule has 5 aliphatic rings. The minimum atomic E-state index is -2.56. The Balaban J connectivity index is 1.49. The van der Waals surface area contributed by atoms with E-state index in [-0.39, 0.29) is 23.3 Å². The molecule has 10 heteroatoms. The van der Waals surface area contributed by atoms with Crippen LogP contribution in [0.5, 0.6) is 5.75 Å². The van der Waals surface area contributed by atoms with Gasteiger partial charge in [0, 0.05) is 56.5 Å². The van der Waals surface area contributed by atoms with Gasteiger partial charge in [0.1, 0.15) is 22.8 Å². The number of ketones is 3. The van der Waals surface area contributed by atoms with E-state index in [2.05, 4.69) is 4.90 Å². The van der Waals surface area contributed by atoms with E-state index in [1.165, 1.54) is 6.42 Å². The molecule has 1 aromatic carbocycles. The largest absolute Gasteiger partial charge is 0.510 e. The summed E-state index contributed by atoms with van der Waals surface area (Å²) in [6.07, 6.45) is 1.65. The number of aliphatic hydroxyl groups excluding tert-OH is 2. The lowest BCUT2D eigenvalue weighted by molar-refractivity contribution is -0.148. The van der Waals surface area contributed by atoms with Gasteiger partial charge < -0.3 is 25.3 Å². The first-order valence-electron chi connectivity index (χ1n) is 13.9. The fourth-order valence-electron chi connectivity index (χ4n) is 7.84. The zero-order chi connectivity index (χ0) is 29.0. The zero-order valence-corrected chi connectivity index (χ0v) is 23.6. The number of Topliss-reactive ketones (excluding diaryl/α,β-unsaturated/α-hetero) is 3. The van der Waals surface area contributed by atoms with Crippen molar-refractivity contribution >= 4 is 23.0 Å². The van der Waals surface area contributed by atoms with Gasteiger partial charge in [0.25, 0.3) is 0 Å². The number of phenols is 1.